The topological polar surface area (TPSA) is 30.7 Å². The fourth-order valence-corrected chi connectivity index (χ4v) is 1.24. The summed E-state index contributed by atoms with van der Waals surface area (Å²) in [7, 11) is 1.76. The number of halogens is 1. The monoisotopic (exact) mass is 190 g/mol. The van der Waals surface area contributed by atoms with Crippen molar-refractivity contribution in [2.75, 3.05) is 0 Å². The molecule has 0 aliphatic heterocycles. The number of rotatable bonds is 2. The highest BCUT2D eigenvalue weighted by molar-refractivity contribution is 5.20. The first-order chi connectivity index (χ1) is 6.77. The van der Waals surface area contributed by atoms with Crippen LogP contribution in [0.1, 0.15) is 11.4 Å². The van der Waals surface area contributed by atoms with Crippen LogP contribution in [0.3, 0.4) is 0 Å². The van der Waals surface area contributed by atoms with E-state index in [-0.39, 0.29) is 5.82 Å². The van der Waals surface area contributed by atoms with E-state index in [4.69, 9.17) is 0 Å². The summed E-state index contributed by atoms with van der Waals surface area (Å²) >= 11 is 0. The van der Waals surface area contributed by atoms with Crippen molar-refractivity contribution in [3.05, 3.63) is 47.8 Å². The van der Waals surface area contributed by atoms with Gasteiger partial charge in [-0.25, -0.2) is 9.37 Å². The minimum atomic E-state index is -0.212. The van der Waals surface area contributed by atoms with Crippen molar-refractivity contribution in [3.8, 4) is 0 Å². The summed E-state index contributed by atoms with van der Waals surface area (Å²) in [4.78, 5) is 3.91. The molecular formula is C10H9FN3. The molecule has 0 aliphatic carbocycles. The van der Waals surface area contributed by atoms with Crippen molar-refractivity contribution in [1.82, 2.24) is 14.8 Å². The molecule has 0 aliphatic rings. The summed E-state index contributed by atoms with van der Waals surface area (Å²) in [5, 5.41) is 3.80. The molecule has 0 saturated heterocycles. The van der Waals surface area contributed by atoms with Gasteiger partial charge in [0.25, 0.3) is 0 Å². The van der Waals surface area contributed by atoms with Gasteiger partial charge in [-0.1, -0.05) is 18.2 Å². The van der Waals surface area contributed by atoms with Crippen LogP contribution in [-0.2, 0) is 13.5 Å². The molecule has 0 unspecified atom stereocenters. The van der Waals surface area contributed by atoms with Gasteiger partial charge in [-0.2, -0.15) is 0 Å². The standard InChI is InChI=1S/C10H9FN3/c1-14-10(12-7-13-14)6-8-4-2-3-5-9(8)11/h2-5H,6H2,1H3. The highest BCUT2D eigenvalue weighted by Gasteiger charge is 2.05. The third-order valence-electron chi connectivity index (χ3n) is 2.05. The Kier molecular flexibility index (Phi) is 2.26. The second-order valence-electron chi connectivity index (χ2n) is 3.02. The van der Waals surface area contributed by atoms with Crippen molar-refractivity contribution in [2.24, 2.45) is 7.05 Å². The molecule has 0 spiro atoms. The lowest BCUT2D eigenvalue weighted by Gasteiger charge is -2.01. The lowest BCUT2D eigenvalue weighted by atomic mass is 10.1. The third-order valence-corrected chi connectivity index (χ3v) is 2.05. The summed E-state index contributed by atoms with van der Waals surface area (Å²) in [6.07, 6.45) is 2.92. The minimum Gasteiger partial charge on any atom is -0.252 e. The first-order valence-electron chi connectivity index (χ1n) is 4.27. The van der Waals surface area contributed by atoms with E-state index < -0.39 is 0 Å². The minimum absolute atomic E-state index is 0.212. The molecule has 1 aromatic heterocycles. The van der Waals surface area contributed by atoms with Gasteiger partial charge in [0.1, 0.15) is 11.6 Å². The molecule has 1 radical (unpaired) electrons. The Balaban J connectivity index is 2.28. The van der Waals surface area contributed by atoms with Gasteiger partial charge in [0.05, 0.1) is 0 Å². The Bertz CT molecular complexity index is 436. The van der Waals surface area contributed by atoms with Gasteiger partial charge < -0.3 is 0 Å². The molecule has 0 N–H and O–H groups in total. The maximum absolute atomic E-state index is 13.2. The van der Waals surface area contributed by atoms with E-state index in [1.807, 2.05) is 0 Å². The molecule has 2 rings (SSSR count). The van der Waals surface area contributed by atoms with E-state index in [0.29, 0.717) is 17.8 Å². The van der Waals surface area contributed by atoms with Crippen LogP contribution in [0.15, 0.2) is 24.3 Å². The van der Waals surface area contributed by atoms with Gasteiger partial charge >= 0.3 is 0 Å². The lowest BCUT2D eigenvalue weighted by molar-refractivity contribution is 0.608. The fourth-order valence-electron chi connectivity index (χ4n) is 1.24. The zero-order chi connectivity index (χ0) is 9.97. The maximum atomic E-state index is 13.2. The van der Waals surface area contributed by atoms with Crippen LogP contribution in [0.5, 0.6) is 0 Å². The molecule has 14 heavy (non-hydrogen) atoms. The summed E-state index contributed by atoms with van der Waals surface area (Å²) in [6, 6.07) is 6.65. The van der Waals surface area contributed by atoms with E-state index in [0.717, 1.165) is 0 Å². The third kappa shape index (κ3) is 1.64. The van der Waals surface area contributed by atoms with Crippen molar-refractivity contribution in [2.45, 2.75) is 6.42 Å². The smallest absolute Gasteiger partial charge is 0.221 e. The lowest BCUT2D eigenvalue weighted by Crippen LogP contribution is -2.01. The van der Waals surface area contributed by atoms with Crippen LogP contribution in [0.25, 0.3) is 0 Å². The predicted octanol–water partition coefficient (Wildman–Crippen LogP) is 1.35. The predicted molar refractivity (Wildman–Crippen MR) is 49.0 cm³/mol. The van der Waals surface area contributed by atoms with Crippen molar-refractivity contribution in [1.29, 1.82) is 0 Å². The number of aromatic nitrogens is 3. The summed E-state index contributed by atoms with van der Waals surface area (Å²) in [5.74, 6) is 0.491. The highest BCUT2D eigenvalue weighted by Crippen LogP contribution is 2.10. The maximum Gasteiger partial charge on any atom is 0.221 e. The molecule has 0 atom stereocenters. The van der Waals surface area contributed by atoms with Crippen LogP contribution in [0.2, 0.25) is 0 Å². The number of hydrogen-bond donors (Lipinski definition) is 0. The Hall–Kier alpha value is -1.71. The van der Waals surface area contributed by atoms with E-state index in [2.05, 4.69) is 16.4 Å². The van der Waals surface area contributed by atoms with Gasteiger partial charge in [-0.15, -0.1) is 5.10 Å². The largest absolute Gasteiger partial charge is 0.252 e. The summed E-state index contributed by atoms with van der Waals surface area (Å²) in [5.41, 5.74) is 0.622. The molecule has 4 heteroatoms. The molecule has 1 aromatic carbocycles. The van der Waals surface area contributed by atoms with Crippen LogP contribution < -0.4 is 0 Å². The molecule has 71 valence electrons. The van der Waals surface area contributed by atoms with E-state index in [1.165, 1.54) is 6.07 Å². The molecule has 0 bridgehead atoms. The quantitative estimate of drug-likeness (QED) is 0.715. The van der Waals surface area contributed by atoms with E-state index in [9.17, 15) is 4.39 Å². The van der Waals surface area contributed by atoms with Crippen molar-refractivity contribution < 1.29 is 4.39 Å². The van der Waals surface area contributed by atoms with Gasteiger partial charge in [-0.05, 0) is 11.6 Å². The molecule has 0 saturated carbocycles. The van der Waals surface area contributed by atoms with Crippen LogP contribution in [0, 0.1) is 12.1 Å². The SMILES string of the molecule is Cn1n[c]nc1Cc1ccccc1F. The first kappa shape index (κ1) is 8.87. The van der Waals surface area contributed by atoms with Crippen LogP contribution >= 0.6 is 0 Å². The van der Waals surface area contributed by atoms with Crippen molar-refractivity contribution >= 4 is 0 Å². The van der Waals surface area contributed by atoms with Crippen LogP contribution in [0.4, 0.5) is 4.39 Å². The fraction of sp³-hybridized carbons (Fsp3) is 0.200. The van der Waals surface area contributed by atoms with Gasteiger partial charge in [0.2, 0.25) is 6.33 Å². The van der Waals surface area contributed by atoms with E-state index >= 15 is 0 Å². The zero-order valence-corrected chi connectivity index (χ0v) is 7.74. The van der Waals surface area contributed by atoms with E-state index in [1.54, 1.807) is 29.9 Å². The number of nitrogens with zero attached hydrogens (tertiary/aromatic N) is 3. The van der Waals surface area contributed by atoms with Gasteiger partial charge in [-0.3, -0.25) is 4.68 Å². The molecule has 0 amide bonds. The Labute approximate surface area is 81.2 Å². The Morgan fingerprint density at radius 1 is 1.43 bits per heavy atom. The van der Waals surface area contributed by atoms with Crippen LogP contribution in [-0.4, -0.2) is 14.8 Å². The normalized spacial score (nSPS) is 10.4. The Morgan fingerprint density at radius 3 is 2.86 bits per heavy atom. The number of hydrogen-bond acceptors (Lipinski definition) is 2. The zero-order valence-electron chi connectivity index (χ0n) is 7.74. The highest BCUT2D eigenvalue weighted by atomic mass is 19.1. The Morgan fingerprint density at radius 2 is 2.21 bits per heavy atom. The second kappa shape index (κ2) is 3.57. The summed E-state index contributed by atoms with van der Waals surface area (Å²) < 4.78 is 14.8. The molecule has 2 aromatic rings. The molecule has 0 fully saturated rings. The molecule has 3 nitrogen and oxygen atoms in total. The average Bonchev–Trinajstić information content (AvgIpc) is 2.56. The molecular weight excluding hydrogens is 181 g/mol. The number of aryl methyl sites for hydroxylation is 1. The number of benzene rings is 1. The second-order valence-corrected chi connectivity index (χ2v) is 3.02. The van der Waals surface area contributed by atoms with Crippen molar-refractivity contribution in [3.63, 3.8) is 0 Å². The van der Waals surface area contributed by atoms with Gasteiger partial charge in [0, 0.05) is 13.5 Å². The first-order valence-corrected chi connectivity index (χ1v) is 4.27. The van der Waals surface area contributed by atoms with Gasteiger partial charge in [0.15, 0.2) is 0 Å². The molecule has 1 heterocycles. The summed E-state index contributed by atoms with van der Waals surface area (Å²) in [6.45, 7) is 0. The average molecular weight is 190 g/mol.